The van der Waals surface area contributed by atoms with Crippen molar-refractivity contribution in [3.05, 3.63) is 62.1 Å². The van der Waals surface area contributed by atoms with E-state index < -0.39 is 23.0 Å². The van der Waals surface area contributed by atoms with Crippen molar-refractivity contribution in [1.82, 2.24) is 0 Å². The van der Waals surface area contributed by atoms with Crippen molar-refractivity contribution in [1.29, 1.82) is 0 Å². The fourth-order valence-corrected chi connectivity index (χ4v) is 3.23. The number of carbonyl (C=O) groups is 2. The predicted octanol–water partition coefficient (Wildman–Crippen LogP) is 6.13. The third-order valence-corrected chi connectivity index (χ3v) is 4.77. The van der Waals surface area contributed by atoms with E-state index in [2.05, 4.69) is 0 Å². The van der Waals surface area contributed by atoms with Crippen molar-refractivity contribution in [3.63, 3.8) is 0 Å². The smallest absolute Gasteiger partial charge is 0.198 e. The Morgan fingerprint density at radius 2 is 1.48 bits per heavy atom. The Morgan fingerprint density at radius 1 is 0.920 bits per heavy atom. The molecule has 3 nitrogen and oxygen atoms in total. The summed E-state index contributed by atoms with van der Waals surface area (Å²) in [5, 5.41) is -0.303. The van der Waals surface area contributed by atoms with Gasteiger partial charge in [-0.25, -0.2) is 0 Å². The Kier molecular flexibility index (Phi) is 7.01. The Morgan fingerprint density at radius 3 is 2.04 bits per heavy atom. The van der Waals surface area contributed by atoms with Gasteiger partial charge >= 0.3 is 0 Å². The van der Waals surface area contributed by atoms with E-state index in [1.54, 1.807) is 6.07 Å². The lowest BCUT2D eigenvalue weighted by Gasteiger charge is -2.17. The fourth-order valence-electron chi connectivity index (χ4n) is 1.98. The van der Waals surface area contributed by atoms with Gasteiger partial charge in [0.15, 0.2) is 23.0 Å². The first-order chi connectivity index (χ1) is 11.7. The monoisotopic (exact) mass is 438 g/mol. The maximum absolute atomic E-state index is 12.4. The van der Waals surface area contributed by atoms with Gasteiger partial charge in [0, 0.05) is 15.6 Å². The summed E-state index contributed by atoms with van der Waals surface area (Å²) in [4.78, 5) is 24.8. The van der Waals surface area contributed by atoms with E-state index in [9.17, 15) is 9.59 Å². The van der Waals surface area contributed by atoms with Crippen LogP contribution in [0.1, 0.15) is 17.3 Å². The molecule has 2 aromatic carbocycles. The van der Waals surface area contributed by atoms with Crippen molar-refractivity contribution < 1.29 is 14.3 Å². The molecule has 0 aromatic heterocycles. The molecule has 0 amide bonds. The molecule has 0 saturated heterocycles. The molecule has 0 radical (unpaired) electrons. The second kappa shape index (κ2) is 8.61. The highest BCUT2D eigenvalue weighted by Gasteiger charge is 2.31. The first-order valence-corrected chi connectivity index (χ1v) is 8.94. The van der Waals surface area contributed by atoms with Crippen LogP contribution in [0.5, 0.6) is 5.75 Å². The van der Waals surface area contributed by atoms with Gasteiger partial charge in [0.25, 0.3) is 0 Å². The lowest BCUT2D eigenvalue weighted by Crippen LogP contribution is -2.36. The molecular formula is C17H11Cl5O3. The number of benzene rings is 2. The lowest BCUT2D eigenvalue weighted by atomic mass is 10.0. The van der Waals surface area contributed by atoms with Crippen molar-refractivity contribution in [2.24, 2.45) is 0 Å². The number of rotatable bonds is 6. The minimum absolute atomic E-state index is 0.108. The Balaban J connectivity index is 2.13. The third-order valence-electron chi connectivity index (χ3n) is 3.27. The largest absolute Gasteiger partial charge is 0.481 e. The molecule has 8 heteroatoms. The number of ether oxygens (including phenoxy) is 1. The molecule has 2 atom stereocenters. The summed E-state index contributed by atoms with van der Waals surface area (Å²) in [6.07, 6.45) is -1.00. The number of hydrogen-bond donors (Lipinski definition) is 0. The highest BCUT2D eigenvalue weighted by molar-refractivity contribution is 6.47. The summed E-state index contributed by atoms with van der Waals surface area (Å²) in [6, 6.07) is 8.87. The molecule has 0 aliphatic heterocycles. The molecule has 0 saturated carbocycles. The van der Waals surface area contributed by atoms with E-state index in [-0.39, 0.29) is 21.4 Å². The SMILES string of the molecule is CC(Oc1ccc(Cl)cc1Cl)C(=O)C(Cl)C(=O)c1ccc(Cl)cc1Cl. The molecule has 2 aromatic rings. The molecule has 0 spiro atoms. The third kappa shape index (κ3) is 5.02. The Bertz CT molecular complexity index is 822. The molecule has 132 valence electrons. The molecule has 0 N–H and O–H groups in total. The molecule has 0 bridgehead atoms. The van der Waals surface area contributed by atoms with Crippen LogP contribution in [0.3, 0.4) is 0 Å². The van der Waals surface area contributed by atoms with Gasteiger partial charge in [-0.2, -0.15) is 0 Å². The number of hydrogen-bond acceptors (Lipinski definition) is 3. The summed E-state index contributed by atoms with van der Waals surface area (Å²) in [5.74, 6) is -0.998. The molecule has 0 heterocycles. The maximum atomic E-state index is 12.4. The summed E-state index contributed by atoms with van der Waals surface area (Å²) in [6.45, 7) is 1.47. The second-order valence-electron chi connectivity index (χ2n) is 5.09. The molecule has 0 fully saturated rings. The maximum Gasteiger partial charge on any atom is 0.198 e. The van der Waals surface area contributed by atoms with Crippen LogP contribution < -0.4 is 4.74 Å². The van der Waals surface area contributed by atoms with Crippen LogP contribution in [0.2, 0.25) is 20.1 Å². The molecule has 2 unspecified atom stereocenters. The van der Waals surface area contributed by atoms with Gasteiger partial charge in [-0.05, 0) is 43.3 Å². The molecule has 2 rings (SSSR count). The van der Waals surface area contributed by atoms with Gasteiger partial charge in [0.2, 0.25) is 0 Å². The van der Waals surface area contributed by atoms with Crippen LogP contribution in [0.25, 0.3) is 0 Å². The molecule has 0 aliphatic carbocycles. The topological polar surface area (TPSA) is 43.4 Å². The van der Waals surface area contributed by atoms with Crippen LogP contribution in [0.4, 0.5) is 0 Å². The van der Waals surface area contributed by atoms with Crippen LogP contribution in [-0.4, -0.2) is 23.0 Å². The van der Waals surface area contributed by atoms with E-state index >= 15 is 0 Å². The summed E-state index contributed by atoms with van der Waals surface area (Å²) in [5.41, 5.74) is 0.108. The molecule has 25 heavy (non-hydrogen) atoms. The lowest BCUT2D eigenvalue weighted by molar-refractivity contribution is -0.123. The number of alkyl halides is 1. The fraction of sp³-hybridized carbons (Fsp3) is 0.176. The number of halogens is 5. The summed E-state index contributed by atoms with van der Waals surface area (Å²) < 4.78 is 5.49. The van der Waals surface area contributed by atoms with Gasteiger partial charge in [-0.1, -0.05) is 46.4 Å². The Labute approximate surface area is 169 Å². The quantitative estimate of drug-likeness (QED) is 0.308. The van der Waals surface area contributed by atoms with Crippen molar-refractivity contribution in [2.45, 2.75) is 18.4 Å². The zero-order valence-corrected chi connectivity index (χ0v) is 16.5. The van der Waals surface area contributed by atoms with Crippen LogP contribution in [0.15, 0.2) is 36.4 Å². The van der Waals surface area contributed by atoms with E-state index in [0.717, 1.165) is 0 Å². The van der Waals surface area contributed by atoms with E-state index in [4.69, 9.17) is 62.7 Å². The summed E-state index contributed by atoms with van der Waals surface area (Å²) >= 11 is 29.6. The standard InChI is InChI=1S/C17H11Cl5O3/c1-8(25-14-5-3-10(19)7-13(14)21)16(23)15(22)17(24)11-4-2-9(18)6-12(11)20/h2-8,15H,1H3. The van der Waals surface area contributed by atoms with Crippen LogP contribution in [-0.2, 0) is 4.79 Å². The average Bonchev–Trinajstić information content (AvgIpc) is 2.55. The van der Waals surface area contributed by atoms with Crippen LogP contribution >= 0.6 is 58.0 Å². The summed E-state index contributed by atoms with van der Waals surface area (Å²) in [7, 11) is 0. The van der Waals surface area contributed by atoms with E-state index in [1.165, 1.54) is 37.3 Å². The van der Waals surface area contributed by atoms with Crippen molar-refractivity contribution >= 4 is 69.6 Å². The van der Waals surface area contributed by atoms with Gasteiger partial charge in [0.05, 0.1) is 10.0 Å². The van der Waals surface area contributed by atoms with E-state index in [1.807, 2.05) is 0 Å². The first-order valence-electron chi connectivity index (χ1n) is 6.99. The Hall–Kier alpha value is -0.970. The van der Waals surface area contributed by atoms with Gasteiger partial charge in [-0.15, -0.1) is 11.6 Å². The number of ketones is 2. The predicted molar refractivity (Wildman–Crippen MR) is 102 cm³/mol. The van der Waals surface area contributed by atoms with Crippen molar-refractivity contribution in [3.8, 4) is 5.75 Å². The highest BCUT2D eigenvalue weighted by atomic mass is 35.5. The normalized spacial score (nSPS) is 13.2. The molecular weight excluding hydrogens is 429 g/mol. The van der Waals surface area contributed by atoms with E-state index in [0.29, 0.717) is 10.0 Å². The highest BCUT2D eigenvalue weighted by Crippen LogP contribution is 2.29. The van der Waals surface area contributed by atoms with Gasteiger partial charge in [0.1, 0.15) is 5.75 Å². The first kappa shape index (κ1) is 20.3. The second-order valence-corrected chi connectivity index (χ2v) is 7.21. The molecule has 0 aliphatic rings. The minimum Gasteiger partial charge on any atom is -0.481 e. The minimum atomic E-state index is -1.46. The average molecular weight is 441 g/mol. The van der Waals surface area contributed by atoms with Gasteiger partial charge < -0.3 is 4.74 Å². The zero-order valence-electron chi connectivity index (χ0n) is 12.7. The van der Waals surface area contributed by atoms with Crippen molar-refractivity contribution in [2.75, 3.05) is 0 Å². The number of Topliss-reactive ketones (excluding diaryl/α,β-unsaturated/α-hetero) is 2. The zero-order chi connectivity index (χ0) is 18.7. The van der Waals surface area contributed by atoms with Crippen LogP contribution in [0, 0.1) is 0 Å². The number of carbonyl (C=O) groups excluding carboxylic acids is 2. The van der Waals surface area contributed by atoms with Gasteiger partial charge in [-0.3, -0.25) is 9.59 Å².